The van der Waals surface area contributed by atoms with Gasteiger partial charge in [0.2, 0.25) is 11.0 Å². The minimum absolute atomic E-state index is 0.137. The normalized spacial score (nSPS) is 10.8. The van der Waals surface area contributed by atoms with Crippen molar-refractivity contribution in [3.05, 3.63) is 46.5 Å². The van der Waals surface area contributed by atoms with Crippen LogP contribution in [0.5, 0.6) is 0 Å². The van der Waals surface area contributed by atoms with E-state index < -0.39 is 0 Å². The topological polar surface area (TPSA) is 120 Å². The standard InChI is InChI=1S/C20H22ClN7OS/c1-11(29)24-14-7-12(10-28(2)3)6-13(8-14)19-26-27-20(30-19)25-17-5-4-16(23)15(9-22)18(17)21/h4-9,22H,10,23H2,1-3H3,(H,24,29)(H,25,27). The Labute approximate surface area is 183 Å². The summed E-state index contributed by atoms with van der Waals surface area (Å²) < 4.78 is 0. The fourth-order valence-corrected chi connectivity index (χ4v) is 3.92. The molecule has 1 amide bonds. The van der Waals surface area contributed by atoms with Crippen molar-refractivity contribution in [1.29, 1.82) is 5.41 Å². The predicted molar refractivity (Wildman–Crippen MR) is 124 cm³/mol. The van der Waals surface area contributed by atoms with E-state index in [0.29, 0.717) is 37.8 Å². The lowest BCUT2D eigenvalue weighted by Gasteiger charge is -2.13. The van der Waals surface area contributed by atoms with Crippen LogP contribution in [0.2, 0.25) is 5.02 Å². The summed E-state index contributed by atoms with van der Waals surface area (Å²) in [5.41, 5.74) is 9.92. The number of carbonyl (C=O) groups is 1. The molecule has 0 atom stereocenters. The van der Waals surface area contributed by atoms with E-state index in [4.69, 9.17) is 22.7 Å². The van der Waals surface area contributed by atoms with E-state index in [1.165, 1.54) is 18.3 Å². The zero-order valence-electron chi connectivity index (χ0n) is 16.8. The minimum atomic E-state index is -0.137. The van der Waals surface area contributed by atoms with Crippen LogP contribution >= 0.6 is 22.9 Å². The Bertz CT molecular complexity index is 1100. The van der Waals surface area contributed by atoms with E-state index in [2.05, 4.69) is 20.8 Å². The monoisotopic (exact) mass is 443 g/mol. The molecular formula is C20H22ClN7OS. The Hall–Kier alpha value is -3.01. The van der Waals surface area contributed by atoms with Gasteiger partial charge >= 0.3 is 0 Å². The van der Waals surface area contributed by atoms with Gasteiger partial charge in [0.1, 0.15) is 5.01 Å². The second-order valence-corrected chi connectivity index (χ2v) is 8.30. The largest absolute Gasteiger partial charge is 0.398 e. The van der Waals surface area contributed by atoms with Gasteiger partial charge in [-0.25, -0.2) is 0 Å². The van der Waals surface area contributed by atoms with Crippen molar-refractivity contribution in [3.63, 3.8) is 0 Å². The smallest absolute Gasteiger partial charge is 0.221 e. The van der Waals surface area contributed by atoms with Crippen LogP contribution in [0.4, 0.5) is 22.2 Å². The van der Waals surface area contributed by atoms with Crippen molar-refractivity contribution >= 4 is 57.3 Å². The van der Waals surface area contributed by atoms with E-state index in [0.717, 1.165) is 23.9 Å². The van der Waals surface area contributed by atoms with Gasteiger partial charge in [-0.3, -0.25) is 4.79 Å². The van der Waals surface area contributed by atoms with E-state index in [9.17, 15) is 4.79 Å². The molecule has 156 valence electrons. The number of benzene rings is 2. The lowest BCUT2D eigenvalue weighted by Crippen LogP contribution is -2.12. The molecule has 0 bridgehead atoms. The minimum Gasteiger partial charge on any atom is -0.398 e. The summed E-state index contributed by atoms with van der Waals surface area (Å²) in [6.07, 6.45) is 1.12. The quantitative estimate of drug-likeness (QED) is 0.321. The summed E-state index contributed by atoms with van der Waals surface area (Å²) in [7, 11) is 3.97. The summed E-state index contributed by atoms with van der Waals surface area (Å²) in [4.78, 5) is 13.6. The van der Waals surface area contributed by atoms with E-state index in [-0.39, 0.29) is 5.91 Å². The molecule has 10 heteroatoms. The average Bonchev–Trinajstić information content (AvgIpc) is 3.12. The molecule has 0 aliphatic heterocycles. The fourth-order valence-electron chi connectivity index (χ4n) is 2.90. The second kappa shape index (κ2) is 9.21. The summed E-state index contributed by atoms with van der Waals surface area (Å²) in [6, 6.07) is 9.25. The lowest BCUT2D eigenvalue weighted by molar-refractivity contribution is -0.114. The number of halogens is 1. The Morgan fingerprint density at radius 1 is 1.30 bits per heavy atom. The van der Waals surface area contributed by atoms with Gasteiger partial charge in [-0.2, -0.15) is 0 Å². The number of hydrogen-bond donors (Lipinski definition) is 4. The molecule has 1 aromatic heterocycles. The summed E-state index contributed by atoms with van der Waals surface area (Å²) in [6.45, 7) is 2.20. The van der Waals surface area contributed by atoms with Gasteiger partial charge in [0.15, 0.2) is 0 Å². The molecule has 30 heavy (non-hydrogen) atoms. The second-order valence-electron chi connectivity index (χ2n) is 6.95. The van der Waals surface area contributed by atoms with Gasteiger partial charge < -0.3 is 26.7 Å². The van der Waals surface area contributed by atoms with Crippen LogP contribution in [-0.4, -0.2) is 41.3 Å². The summed E-state index contributed by atoms with van der Waals surface area (Å²) in [5, 5.41) is 23.5. The van der Waals surface area contributed by atoms with E-state index in [1.807, 2.05) is 37.2 Å². The number of nitrogens with zero attached hydrogens (tertiary/aromatic N) is 3. The number of anilines is 4. The fraction of sp³-hybridized carbons (Fsp3) is 0.200. The van der Waals surface area contributed by atoms with Crippen LogP contribution in [0.25, 0.3) is 10.6 Å². The molecule has 3 aromatic rings. The molecule has 0 aliphatic rings. The molecule has 1 heterocycles. The first-order chi connectivity index (χ1) is 14.3. The van der Waals surface area contributed by atoms with Crippen molar-refractivity contribution in [3.8, 4) is 10.6 Å². The van der Waals surface area contributed by atoms with Gasteiger partial charge in [0.05, 0.1) is 10.7 Å². The van der Waals surface area contributed by atoms with Gasteiger partial charge in [-0.1, -0.05) is 22.9 Å². The molecule has 2 aromatic carbocycles. The van der Waals surface area contributed by atoms with Crippen LogP contribution < -0.4 is 16.4 Å². The number of aromatic nitrogens is 2. The third-order valence-electron chi connectivity index (χ3n) is 4.08. The van der Waals surface area contributed by atoms with Crippen molar-refractivity contribution in [2.24, 2.45) is 0 Å². The Morgan fingerprint density at radius 2 is 2.07 bits per heavy atom. The van der Waals surface area contributed by atoms with Crippen LogP contribution in [0.1, 0.15) is 18.1 Å². The third kappa shape index (κ3) is 5.12. The molecular weight excluding hydrogens is 422 g/mol. The van der Waals surface area contributed by atoms with Crippen LogP contribution in [-0.2, 0) is 11.3 Å². The third-order valence-corrected chi connectivity index (χ3v) is 5.38. The number of nitrogens with two attached hydrogens (primary N) is 1. The van der Waals surface area contributed by atoms with Gasteiger partial charge in [-0.15, -0.1) is 10.2 Å². The Balaban J connectivity index is 1.92. The maximum Gasteiger partial charge on any atom is 0.221 e. The SMILES string of the molecule is CC(=O)Nc1cc(CN(C)C)cc(-c2nnc(Nc3ccc(N)c(C=N)c3Cl)s2)c1. The molecule has 0 saturated carbocycles. The molecule has 0 radical (unpaired) electrons. The first-order valence-electron chi connectivity index (χ1n) is 9.02. The highest BCUT2D eigenvalue weighted by Crippen LogP contribution is 2.35. The number of rotatable bonds is 7. The lowest BCUT2D eigenvalue weighted by atomic mass is 10.1. The highest BCUT2D eigenvalue weighted by atomic mass is 35.5. The number of hydrogen-bond acceptors (Lipinski definition) is 8. The highest BCUT2D eigenvalue weighted by Gasteiger charge is 2.13. The Kier molecular flexibility index (Phi) is 6.66. The molecule has 0 aliphatic carbocycles. The van der Waals surface area contributed by atoms with Crippen molar-refractivity contribution in [2.45, 2.75) is 13.5 Å². The Morgan fingerprint density at radius 3 is 2.73 bits per heavy atom. The van der Waals surface area contributed by atoms with Crippen molar-refractivity contribution in [1.82, 2.24) is 15.1 Å². The summed E-state index contributed by atoms with van der Waals surface area (Å²) in [5.74, 6) is -0.137. The number of amides is 1. The van der Waals surface area contributed by atoms with Crippen molar-refractivity contribution in [2.75, 3.05) is 30.5 Å². The van der Waals surface area contributed by atoms with Gasteiger partial charge in [0, 0.05) is 42.2 Å². The van der Waals surface area contributed by atoms with E-state index in [1.54, 1.807) is 12.1 Å². The molecule has 5 N–H and O–H groups in total. The highest BCUT2D eigenvalue weighted by molar-refractivity contribution is 7.18. The van der Waals surface area contributed by atoms with Crippen LogP contribution in [0, 0.1) is 5.41 Å². The number of nitrogens with one attached hydrogen (secondary N) is 3. The maximum absolute atomic E-state index is 11.5. The molecule has 0 spiro atoms. The maximum atomic E-state index is 11.5. The summed E-state index contributed by atoms with van der Waals surface area (Å²) >= 11 is 7.70. The predicted octanol–water partition coefficient (Wildman–Crippen LogP) is 4.20. The molecule has 3 rings (SSSR count). The molecule has 8 nitrogen and oxygen atoms in total. The van der Waals surface area contributed by atoms with Crippen LogP contribution in [0.15, 0.2) is 30.3 Å². The zero-order valence-corrected chi connectivity index (χ0v) is 18.4. The first kappa shape index (κ1) is 21.7. The number of nitrogen functional groups attached to an aromatic ring is 1. The molecule has 0 unspecified atom stereocenters. The van der Waals surface area contributed by atoms with E-state index >= 15 is 0 Å². The zero-order chi connectivity index (χ0) is 21.8. The molecule has 0 saturated heterocycles. The number of carbonyl (C=O) groups excluding carboxylic acids is 1. The van der Waals surface area contributed by atoms with Crippen LogP contribution in [0.3, 0.4) is 0 Å². The van der Waals surface area contributed by atoms with Gasteiger partial charge in [-0.05, 0) is 50.0 Å². The van der Waals surface area contributed by atoms with Gasteiger partial charge in [0.25, 0.3) is 0 Å². The average molecular weight is 444 g/mol. The first-order valence-corrected chi connectivity index (χ1v) is 10.2. The van der Waals surface area contributed by atoms with Crippen molar-refractivity contribution < 1.29 is 4.79 Å². The molecule has 0 fully saturated rings.